The number of anilines is 2. The molecular weight excluding hydrogens is 422 g/mol. The number of carbonyl (C=O) groups excluding carboxylic acids is 1. The summed E-state index contributed by atoms with van der Waals surface area (Å²) in [5.41, 5.74) is 3.25. The summed E-state index contributed by atoms with van der Waals surface area (Å²) < 4.78 is 0. The minimum atomic E-state index is 0.164. The number of piperidine rings is 1. The van der Waals surface area contributed by atoms with Gasteiger partial charge in [0, 0.05) is 28.4 Å². The Hall–Kier alpha value is -3.04. The second-order valence-corrected chi connectivity index (χ2v) is 9.87. The van der Waals surface area contributed by atoms with E-state index in [0.717, 1.165) is 71.5 Å². The van der Waals surface area contributed by atoms with Crippen LogP contribution in [0.5, 0.6) is 0 Å². The first kappa shape index (κ1) is 19.6. The number of H-pyrrole nitrogens is 1. The van der Waals surface area contributed by atoms with Crippen LogP contribution in [0.25, 0.3) is 21.1 Å². The summed E-state index contributed by atoms with van der Waals surface area (Å²) >= 11 is 1.69. The summed E-state index contributed by atoms with van der Waals surface area (Å²) in [6.07, 6.45) is 6.21. The molecule has 3 aromatic heterocycles. The molecule has 0 spiro atoms. The van der Waals surface area contributed by atoms with Crippen molar-refractivity contribution in [3.63, 3.8) is 0 Å². The zero-order chi connectivity index (χ0) is 21.7. The van der Waals surface area contributed by atoms with Crippen molar-refractivity contribution in [1.82, 2.24) is 30.0 Å². The number of nitrogens with one attached hydrogen (secondary N) is 2. The van der Waals surface area contributed by atoms with Gasteiger partial charge in [0.05, 0.1) is 23.6 Å². The van der Waals surface area contributed by atoms with E-state index in [0.29, 0.717) is 12.5 Å². The number of benzene rings is 1. The molecule has 0 radical (unpaired) electrons. The van der Waals surface area contributed by atoms with Crippen molar-refractivity contribution in [2.24, 2.45) is 5.92 Å². The Kier molecular flexibility index (Phi) is 4.80. The highest BCUT2D eigenvalue weighted by Gasteiger charge is 2.31. The van der Waals surface area contributed by atoms with Crippen molar-refractivity contribution in [3.05, 3.63) is 41.2 Å². The number of nitrogens with zero attached hydrogens (tertiary/aromatic N) is 5. The van der Waals surface area contributed by atoms with E-state index in [1.807, 2.05) is 18.3 Å². The smallest absolute Gasteiger partial charge is 0.226 e. The third-order valence-corrected chi connectivity index (χ3v) is 7.84. The average molecular weight is 448 g/mol. The monoisotopic (exact) mass is 447 g/mol. The lowest BCUT2D eigenvalue weighted by Crippen LogP contribution is -2.43. The van der Waals surface area contributed by atoms with E-state index in [9.17, 15) is 4.79 Å². The fraction of sp³-hybridized carbons (Fsp3) is 0.391. The molecule has 1 fully saturated rings. The van der Waals surface area contributed by atoms with E-state index < -0.39 is 0 Å². The number of aromatic amines is 1. The van der Waals surface area contributed by atoms with Crippen molar-refractivity contribution < 1.29 is 4.79 Å². The number of carbonyl (C=O) groups is 1. The first-order chi connectivity index (χ1) is 15.7. The number of aromatic nitrogens is 4. The van der Waals surface area contributed by atoms with Gasteiger partial charge < -0.3 is 15.1 Å². The van der Waals surface area contributed by atoms with E-state index in [4.69, 9.17) is 0 Å². The van der Waals surface area contributed by atoms with Gasteiger partial charge in [-0.15, -0.1) is 11.3 Å². The average Bonchev–Trinajstić information content (AvgIpc) is 3.43. The quantitative estimate of drug-likeness (QED) is 0.499. The molecule has 32 heavy (non-hydrogen) atoms. The van der Waals surface area contributed by atoms with E-state index in [1.54, 1.807) is 17.7 Å². The predicted molar refractivity (Wildman–Crippen MR) is 126 cm³/mol. The standard InChI is InChI=1S/C23H25N7OS/c1-29-7-4-14(5-8-29)23(31)30-9-6-17-19(12-30)32-22-20(17)21(24-13-25-22)27-16-2-3-18-15(10-16)11-26-28-18/h2-3,10-11,13-14H,4-9,12H2,1H3,(H,26,28)(H,24,25,27). The van der Waals surface area contributed by atoms with Gasteiger partial charge in [0.25, 0.3) is 0 Å². The Morgan fingerprint density at radius 1 is 1.22 bits per heavy atom. The second kappa shape index (κ2) is 7.83. The number of likely N-dealkylation sites (tertiary alicyclic amines) is 1. The molecule has 8 nitrogen and oxygen atoms in total. The molecule has 2 aliphatic heterocycles. The molecule has 5 heterocycles. The molecule has 0 aliphatic carbocycles. The summed E-state index contributed by atoms with van der Waals surface area (Å²) in [5, 5.41) is 12.7. The highest BCUT2D eigenvalue weighted by Crippen LogP contribution is 2.38. The molecule has 0 unspecified atom stereocenters. The fourth-order valence-electron chi connectivity index (χ4n) is 4.88. The second-order valence-electron chi connectivity index (χ2n) is 8.79. The molecule has 0 atom stereocenters. The van der Waals surface area contributed by atoms with Crippen LogP contribution in [-0.4, -0.2) is 62.6 Å². The van der Waals surface area contributed by atoms with Crippen LogP contribution in [0.2, 0.25) is 0 Å². The first-order valence-electron chi connectivity index (χ1n) is 11.1. The number of thiophene rings is 1. The van der Waals surface area contributed by atoms with Crippen LogP contribution < -0.4 is 5.32 Å². The normalized spacial score (nSPS) is 17.7. The molecule has 6 rings (SSSR count). The molecule has 1 saturated heterocycles. The molecule has 0 bridgehead atoms. The number of fused-ring (bicyclic) bond motifs is 4. The molecule has 1 amide bonds. The van der Waals surface area contributed by atoms with Crippen LogP contribution in [0.1, 0.15) is 23.3 Å². The van der Waals surface area contributed by atoms with Gasteiger partial charge in [-0.1, -0.05) is 0 Å². The Morgan fingerprint density at radius 2 is 2.09 bits per heavy atom. The lowest BCUT2D eigenvalue weighted by atomic mass is 9.94. The Labute approximate surface area is 189 Å². The fourth-order valence-corrected chi connectivity index (χ4v) is 6.08. The third kappa shape index (κ3) is 3.41. The lowest BCUT2D eigenvalue weighted by molar-refractivity contribution is -0.137. The van der Waals surface area contributed by atoms with Crippen molar-refractivity contribution in [2.45, 2.75) is 25.8 Å². The maximum atomic E-state index is 13.1. The summed E-state index contributed by atoms with van der Waals surface area (Å²) in [6.45, 7) is 3.46. The molecule has 2 aliphatic rings. The lowest BCUT2D eigenvalue weighted by Gasteiger charge is -2.34. The van der Waals surface area contributed by atoms with Crippen LogP contribution >= 0.6 is 11.3 Å². The van der Waals surface area contributed by atoms with E-state index in [1.165, 1.54) is 10.4 Å². The van der Waals surface area contributed by atoms with Crippen LogP contribution in [0, 0.1) is 5.92 Å². The van der Waals surface area contributed by atoms with Crippen molar-refractivity contribution in [3.8, 4) is 0 Å². The van der Waals surface area contributed by atoms with Gasteiger partial charge >= 0.3 is 0 Å². The van der Waals surface area contributed by atoms with Crippen LogP contribution in [0.15, 0.2) is 30.7 Å². The van der Waals surface area contributed by atoms with Crippen LogP contribution in [-0.2, 0) is 17.8 Å². The van der Waals surface area contributed by atoms with Crippen LogP contribution in [0.3, 0.4) is 0 Å². The Balaban J connectivity index is 1.27. The minimum Gasteiger partial charge on any atom is -0.340 e. The zero-order valence-corrected chi connectivity index (χ0v) is 18.8. The topological polar surface area (TPSA) is 90.0 Å². The van der Waals surface area contributed by atoms with Gasteiger partial charge in [0.2, 0.25) is 5.91 Å². The molecule has 9 heteroatoms. The number of hydrogen-bond acceptors (Lipinski definition) is 7. The highest BCUT2D eigenvalue weighted by molar-refractivity contribution is 7.19. The predicted octanol–water partition coefficient (Wildman–Crippen LogP) is 3.54. The summed E-state index contributed by atoms with van der Waals surface area (Å²) in [6, 6.07) is 6.10. The molecule has 0 saturated carbocycles. The van der Waals surface area contributed by atoms with Crippen LogP contribution in [0.4, 0.5) is 11.5 Å². The maximum Gasteiger partial charge on any atom is 0.226 e. The van der Waals surface area contributed by atoms with Crippen molar-refractivity contribution in [1.29, 1.82) is 0 Å². The molecular formula is C23H25N7OS. The molecule has 164 valence electrons. The SMILES string of the molecule is CN1CCC(C(=O)N2CCc3c(sc4ncnc(Nc5ccc6[nH]ncc6c5)c34)C2)CC1. The van der Waals surface area contributed by atoms with E-state index >= 15 is 0 Å². The molecule has 1 aromatic carbocycles. The summed E-state index contributed by atoms with van der Waals surface area (Å²) in [5.74, 6) is 1.31. The van der Waals surface area contributed by atoms with Gasteiger partial charge in [-0.25, -0.2) is 9.97 Å². The molecule has 4 aromatic rings. The number of rotatable bonds is 3. The first-order valence-corrected chi connectivity index (χ1v) is 11.9. The van der Waals surface area contributed by atoms with Gasteiger partial charge in [-0.2, -0.15) is 5.10 Å². The number of hydrogen-bond donors (Lipinski definition) is 2. The zero-order valence-electron chi connectivity index (χ0n) is 18.0. The highest BCUT2D eigenvalue weighted by atomic mass is 32.1. The largest absolute Gasteiger partial charge is 0.340 e. The number of amides is 1. The van der Waals surface area contributed by atoms with Gasteiger partial charge in [-0.3, -0.25) is 9.89 Å². The van der Waals surface area contributed by atoms with Crippen molar-refractivity contribution >= 4 is 49.9 Å². The van der Waals surface area contributed by atoms with Crippen molar-refractivity contribution in [2.75, 3.05) is 32.0 Å². The van der Waals surface area contributed by atoms with E-state index in [-0.39, 0.29) is 5.92 Å². The van der Waals surface area contributed by atoms with E-state index in [2.05, 4.69) is 48.4 Å². The maximum absolute atomic E-state index is 13.1. The summed E-state index contributed by atoms with van der Waals surface area (Å²) in [4.78, 5) is 28.8. The molecule has 2 N–H and O–H groups in total. The Bertz CT molecular complexity index is 1300. The third-order valence-electron chi connectivity index (χ3n) is 6.72. The van der Waals surface area contributed by atoms with Gasteiger partial charge in [0.1, 0.15) is 17.0 Å². The van der Waals surface area contributed by atoms with Gasteiger partial charge in [0.15, 0.2) is 0 Å². The summed E-state index contributed by atoms with van der Waals surface area (Å²) in [7, 11) is 2.13. The van der Waals surface area contributed by atoms with Gasteiger partial charge in [-0.05, 0) is 63.2 Å². The minimum absolute atomic E-state index is 0.164. The Morgan fingerprint density at radius 3 is 2.97 bits per heavy atom.